The largest absolute Gasteiger partial charge is 0.463 e. The first-order valence-electron chi connectivity index (χ1n) is 32.7. The molecule has 21 nitrogen and oxygen atoms in total. The third-order valence-electron chi connectivity index (χ3n) is 21.2. The van der Waals surface area contributed by atoms with Crippen LogP contribution >= 0.6 is 0 Å². The molecule has 0 spiro atoms. The number of ether oxygens (including phenoxy) is 11. The van der Waals surface area contributed by atoms with E-state index in [4.69, 9.17) is 52.1 Å². The fraction of sp³-hybridized carbons (Fsp3) is 0.848. The smallest absolute Gasteiger partial charge is 0.344 e. The SMILES string of the molecule is CCC(C)(C)C(=O)OC1C2CC3CC(C2)C(=O)OC1C3.CCC(C)(C)C(=O)OCC(=O)OC1C2CC3CC(C2)C(=O)OC1C3.CCC(C)(C)C(=O)OCCOC1C2CC3CC(C2)C(=O)OC1C3.CCC(C)C(=O)OCC(=O)OC1CCC2CC1OC2=O. The molecule has 488 valence electrons. The number of hydrogen-bond donors (Lipinski definition) is 0. The maximum atomic E-state index is 12.3. The second-order valence-electron chi connectivity index (χ2n) is 28.7. The predicted octanol–water partition coefficient (Wildman–Crippen LogP) is 8.86. The molecule has 7 heterocycles. The normalized spacial score (nSPS) is 34.8. The van der Waals surface area contributed by atoms with Crippen molar-refractivity contribution in [1.82, 2.24) is 0 Å². The van der Waals surface area contributed by atoms with Crippen molar-refractivity contribution in [3.63, 3.8) is 0 Å². The summed E-state index contributed by atoms with van der Waals surface area (Å²) in [6.45, 7) is 20.5. The van der Waals surface area contributed by atoms with Gasteiger partial charge in [-0.1, -0.05) is 34.6 Å². The number of carbonyl (C=O) groups excluding carboxylic acids is 10. The summed E-state index contributed by atoms with van der Waals surface area (Å²) < 4.78 is 59.8. The van der Waals surface area contributed by atoms with Crippen LogP contribution in [0, 0.1) is 81.3 Å². The summed E-state index contributed by atoms with van der Waals surface area (Å²) in [6.07, 6.45) is 13.7. The molecule has 0 aromatic rings. The van der Waals surface area contributed by atoms with Gasteiger partial charge in [-0.25, -0.2) is 9.59 Å². The molecule has 19 atom stereocenters. The third-order valence-corrected chi connectivity index (χ3v) is 21.2. The minimum atomic E-state index is -0.615. The number of hydrogen-bond acceptors (Lipinski definition) is 21. The number of esters is 10. The molecule has 14 rings (SSSR count). The van der Waals surface area contributed by atoms with Gasteiger partial charge in [0.05, 0.1) is 58.5 Å². The number of fused-ring (bicyclic) bond motifs is 5. The average molecular weight is 1230 g/mol. The van der Waals surface area contributed by atoms with Crippen molar-refractivity contribution < 1.29 is 100 Å². The number of rotatable bonds is 19. The Morgan fingerprint density at radius 1 is 0.437 bits per heavy atom. The monoisotopic (exact) mass is 1230 g/mol. The van der Waals surface area contributed by atoms with Crippen LogP contribution in [0.4, 0.5) is 0 Å². The van der Waals surface area contributed by atoms with Gasteiger partial charge in [-0.2, -0.15) is 0 Å². The van der Waals surface area contributed by atoms with Gasteiger partial charge in [0.25, 0.3) is 0 Å². The van der Waals surface area contributed by atoms with Gasteiger partial charge in [0.2, 0.25) is 0 Å². The summed E-state index contributed by atoms with van der Waals surface area (Å²) in [7, 11) is 0. The summed E-state index contributed by atoms with van der Waals surface area (Å²) in [4.78, 5) is 119. The van der Waals surface area contributed by atoms with Crippen LogP contribution in [-0.2, 0) is 100 Å². The lowest BCUT2D eigenvalue weighted by Gasteiger charge is -2.42. The molecule has 7 aliphatic carbocycles. The Kier molecular flexibility index (Phi) is 22.3. The van der Waals surface area contributed by atoms with E-state index in [1.54, 1.807) is 20.8 Å². The first-order chi connectivity index (χ1) is 41.1. The first kappa shape index (κ1) is 67.6. The van der Waals surface area contributed by atoms with Crippen molar-refractivity contribution in [3.8, 4) is 0 Å². The fourth-order valence-corrected chi connectivity index (χ4v) is 14.6. The maximum Gasteiger partial charge on any atom is 0.344 e. The lowest BCUT2D eigenvalue weighted by molar-refractivity contribution is -0.180. The van der Waals surface area contributed by atoms with Crippen LogP contribution in [0.2, 0.25) is 0 Å². The second-order valence-corrected chi connectivity index (χ2v) is 28.7. The van der Waals surface area contributed by atoms with Crippen molar-refractivity contribution in [2.75, 3.05) is 26.4 Å². The van der Waals surface area contributed by atoms with Crippen LogP contribution in [0.25, 0.3) is 0 Å². The Labute approximate surface area is 512 Å². The van der Waals surface area contributed by atoms with Gasteiger partial charge in [0.1, 0.15) is 49.3 Å². The highest BCUT2D eigenvalue weighted by molar-refractivity contribution is 5.81. The Balaban J connectivity index is 0.000000151. The zero-order valence-electron chi connectivity index (χ0n) is 53.3. The highest BCUT2D eigenvalue weighted by Crippen LogP contribution is 2.51. The molecule has 0 N–H and O–H groups in total. The molecule has 21 heteroatoms. The fourth-order valence-electron chi connectivity index (χ4n) is 14.6. The van der Waals surface area contributed by atoms with E-state index < -0.39 is 52.3 Å². The van der Waals surface area contributed by atoms with E-state index in [0.717, 1.165) is 89.9 Å². The topological polar surface area (TPSA) is 272 Å². The third kappa shape index (κ3) is 16.5. The van der Waals surface area contributed by atoms with E-state index >= 15 is 0 Å². The minimum absolute atomic E-state index is 0.0293. The molecule has 7 saturated heterocycles. The van der Waals surface area contributed by atoms with Gasteiger partial charge in [0.15, 0.2) is 13.2 Å². The summed E-state index contributed by atoms with van der Waals surface area (Å²) in [6, 6.07) is 0. The van der Waals surface area contributed by atoms with Gasteiger partial charge >= 0.3 is 59.7 Å². The van der Waals surface area contributed by atoms with Crippen molar-refractivity contribution in [2.45, 2.75) is 247 Å². The molecule has 7 saturated carbocycles. The van der Waals surface area contributed by atoms with Crippen LogP contribution in [0.3, 0.4) is 0 Å². The Hall–Kier alpha value is -5.34. The van der Waals surface area contributed by atoms with Gasteiger partial charge in [0, 0.05) is 18.3 Å². The summed E-state index contributed by atoms with van der Waals surface area (Å²) in [5, 5.41) is 0. The zero-order valence-corrected chi connectivity index (χ0v) is 53.3. The zero-order chi connectivity index (χ0) is 63.3. The molecule has 87 heavy (non-hydrogen) atoms. The molecule has 14 fully saturated rings. The van der Waals surface area contributed by atoms with Crippen molar-refractivity contribution in [3.05, 3.63) is 0 Å². The Morgan fingerprint density at radius 3 is 1.34 bits per heavy atom. The quantitative estimate of drug-likeness (QED) is 0.0663. The molecule has 0 radical (unpaired) electrons. The van der Waals surface area contributed by atoms with E-state index in [9.17, 15) is 47.9 Å². The molecular formula is C66H98O21. The maximum absolute atomic E-state index is 12.3. The first-order valence-corrected chi connectivity index (χ1v) is 32.7. The van der Waals surface area contributed by atoms with Crippen molar-refractivity contribution in [1.29, 1.82) is 0 Å². The van der Waals surface area contributed by atoms with Crippen LogP contribution < -0.4 is 0 Å². The lowest BCUT2D eigenvalue weighted by atomic mass is 9.67. The standard InChI is InChI=1S/C18H26O6.C18H28O5.C16H24O4.C14H20O6/c1-4-18(2,3)17(21)22-9-14(19)24-15-11-5-10-6-12(8-11)16(20)23-13(15)7-10;1-4-18(2,3)17(20)22-6-5-21-15-12-7-11-8-13(10-12)16(19)23-14(15)9-11;1-4-16(2,3)15(18)20-13-10-5-9-6-11(8-10)14(17)19-12(13)7-9;1-3-8(2)13(16)18-7-12(15)19-10-5-4-9-6-11(10)20-14(9)17/h10-13,15H,4-9H2,1-3H3;11-15H,4-10H2,1-3H3;9-13H,4-8H2,1-3H3;8-11H,3-7H2,1-2H3. The summed E-state index contributed by atoms with van der Waals surface area (Å²) in [5.41, 5.74) is -1.53. The molecular weight excluding hydrogens is 1130 g/mol. The molecule has 19 unspecified atom stereocenters. The summed E-state index contributed by atoms with van der Waals surface area (Å²) >= 11 is 0. The average Bonchev–Trinajstić information content (AvgIpc) is 1.83. The highest BCUT2D eigenvalue weighted by Gasteiger charge is 2.55. The second kappa shape index (κ2) is 28.7. The molecule has 14 aliphatic rings. The Bertz CT molecular complexity index is 2520. The molecule has 0 amide bonds. The van der Waals surface area contributed by atoms with Crippen molar-refractivity contribution in [2.24, 2.45) is 81.3 Å². The van der Waals surface area contributed by atoms with Gasteiger partial charge in [-0.05, 0) is 181 Å². The highest BCUT2D eigenvalue weighted by atomic mass is 16.6. The van der Waals surface area contributed by atoms with Gasteiger partial charge < -0.3 is 52.1 Å². The van der Waals surface area contributed by atoms with E-state index in [1.807, 2.05) is 55.4 Å². The van der Waals surface area contributed by atoms with Crippen molar-refractivity contribution >= 4 is 59.7 Å². The van der Waals surface area contributed by atoms with E-state index in [1.165, 1.54) is 0 Å². The lowest BCUT2D eigenvalue weighted by Crippen LogP contribution is -2.46. The summed E-state index contributed by atoms with van der Waals surface area (Å²) in [5.74, 6) is -0.425. The predicted molar refractivity (Wildman–Crippen MR) is 308 cm³/mol. The van der Waals surface area contributed by atoms with E-state index in [0.29, 0.717) is 68.3 Å². The minimum Gasteiger partial charge on any atom is -0.463 e. The molecule has 0 aromatic carbocycles. The van der Waals surface area contributed by atoms with Gasteiger partial charge in [-0.15, -0.1) is 0 Å². The van der Waals surface area contributed by atoms with Crippen LogP contribution in [0.15, 0.2) is 0 Å². The molecule has 7 aliphatic heterocycles. The van der Waals surface area contributed by atoms with Gasteiger partial charge in [-0.3, -0.25) is 38.4 Å². The van der Waals surface area contributed by atoms with Crippen LogP contribution in [-0.4, -0.2) is 135 Å². The van der Waals surface area contributed by atoms with E-state index in [-0.39, 0.29) is 128 Å². The van der Waals surface area contributed by atoms with Crippen LogP contribution in [0.1, 0.15) is 198 Å². The molecule has 0 aromatic heterocycles. The Morgan fingerprint density at radius 2 is 0.851 bits per heavy atom. The number of carbonyl (C=O) groups is 10. The molecule has 14 bridgehead atoms. The van der Waals surface area contributed by atoms with E-state index in [2.05, 4.69) is 0 Å². The van der Waals surface area contributed by atoms with Crippen LogP contribution in [0.5, 0.6) is 0 Å².